The molecule has 0 radical (unpaired) electrons. The highest BCUT2D eigenvalue weighted by Gasteiger charge is 2.31. The smallest absolute Gasteiger partial charge is 0.0451 e. The van der Waals surface area contributed by atoms with Gasteiger partial charge in [0.25, 0.3) is 0 Å². The first kappa shape index (κ1) is 14.4. The second kappa shape index (κ2) is 6.40. The number of para-hydroxylation sites is 1. The van der Waals surface area contributed by atoms with E-state index >= 15 is 0 Å². The molecule has 0 spiro atoms. The summed E-state index contributed by atoms with van der Waals surface area (Å²) in [4.78, 5) is 4.89. The monoisotopic (exact) mass is 262 g/mol. The van der Waals surface area contributed by atoms with Crippen LogP contribution in [0.2, 0.25) is 0 Å². The number of likely N-dealkylation sites (N-methyl/N-ethyl adjacent to an activating group) is 1. The third-order valence-electron chi connectivity index (χ3n) is 4.08. The summed E-state index contributed by atoms with van der Waals surface area (Å²) in [5, 5.41) is 9.34. The minimum Gasteiger partial charge on any atom is -0.396 e. The zero-order valence-corrected chi connectivity index (χ0v) is 12.3. The predicted octanol–water partition coefficient (Wildman–Crippen LogP) is 2.14. The first-order valence-corrected chi connectivity index (χ1v) is 7.33. The maximum atomic E-state index is 9.34. The van der Waals surface area contributed by atoms with Crippen molar-refractivity contribution < 1.29 is 5.11 Å². The minimum absolute atomic E-state index is 0.260. The third kappa shape index (κ3) is 3.10. The molecule has 1 N–H and O–H groups in total. The van der Waals surface area contributed by atoms with Gasteiger partial charge in [0, 0.05) is 37.5 Å². The fraction of sp³-hybridized carbons (Fsp3) is 0.625. The van der Waals surface area contributed by atoms with Crippen LogP contribution in [0, 0.1) is 0 Å². The Morgan fingerprint density at radius 1 is 1.26 bits per heavy atom. The lowest BCUT2D eigenvalue weighted by molar-refractivity contribution is 0.198. The maximum Gasteiger partial charge on any atom is 0.0451 e. The van der Waals surface area contributed by atoms with Crippen LogP contribution < -0.4 is 4.90 Å². The Balaban J connectivity index is 2.32. The van der Waals surface area contributed by atoms with E-state index in [1.165, 1.54) is 11.3 Å². The van der Waals surface area contributed by atoms with Crippen LogP contribution in [0.3, 0.4) is 0 Å². The van der Waals surface area contributed by atoms with Gasteiger partial charge in [-0.25, -0.2) is 0 Å². The Bertz CT molecular complexity index is 407. The molecule has 2 rings (SSSR count). The molecule has 1 aromatic rings. The van der Waals surface area contributed by atoms with Gasteiger partial charge in [0.05, 0.1) is 0 Å². The highest BCUT2D eigenvalue weighted by molar-refractivity contribution is 5.55. The van der Waals surface area contributed by atoms with E-state index in [-0.39, 0.29) is 6.61 Å². The number of anilines is 1. The molecule has 2 unspecified atom stereocenters. The van der Waals surface area contributed by atoms with Crippen molar-refractivity contribution in [1.82, 2.24) is 4.90 Å². The van der Waals surface area contributed by atoms with E-state index in [1.807, 2.05) is 0 Å². The largest absolute Gasteiger partial charge is 0.396 e. The van der Waals surface area contributed by atoms with Gasteiger partial charge >= 0.3 is 0 Å². The van der Waals surface area contributed by atoms with Gasteiger partial charge in [-0.05, 0) is 38.4 Å². The molecule has 1 heterocycles. The summed E-state index contributed by atoms with van der Waals surface area (Å²) >= 11 is 0. The number of aliphatic hydroxyl groups excluding tert-OH is 1. The maximum absolute atomic E-state index is 9.34. The van der Waals surface area contributed by atoms with Gasteiger partial charge in [-0.3, -0.25) is 0 Å². The number of benzene rings is 1. The highest BCUT2D eigenvalue weighted by atomic mass is 16.3. The van der Waals surface area contributed by atoms with E-state index in [0.717, 1.165) is 25.9 Å². The second-order valence-corrected chi connectivity index (χ2v) is 5.63. The van der Waals surface area contributed by atoms with Gasteiger partial charge in [-0.15, -0.1) is 0 Å². The van der Waals surface area contributed by atoms with Gasteiger partial charge < -0.3 is 14.9 Å². The normalized spacial score (nSPS) is 24.7. The molecule has 1 saturated heterocycles. The Morgan fingerprint density at radius 3 is 2.68 bits per heavy atom. The number of aryl methyl sites for hydroxylation is 1. The Hall–Kier alpha value is -1.06. The summed E-state index contributed by atoms with van der Waals surface area (Å²) in [6.45, 7) is 6.87. The molecule has 19 heavy (non-hydrogen) atoms. The first-order chi connectivity index (χ1) is 9.17. The van der Waals surface area contributed by atoms with Gasteiger partial charge in [0.15, 0.2) is 0 Å². The van der Waals surface area contributed by atoms with Crippen molar-refractivity contribution in [3.63, 3.8) is 0 Å². The van der Waals surface area contributed by atoms with Crippen molar-refractivity contribution >= 4 is 5.69 Å². The van der Waals surface area contributed by atoms with Crippen molar-refractivity contribution in [2.45, 2.75) is 38.8 Å². The molecule has 106 valence electrons. The lowest BCUT2D eigenvalue weighted by Crippen LogP contribution is -2.57. The lowest BCUT2D eigenvalue weighted by atomic mass is 10.0. The Kier molecular flexibility index (Phi) is 4.83. The molecule has 1 aliphatic rings. The summed E-state index contributed by atoms with van der Waals surface area (Å²) in [6.07, 6.45) is 1.90. The fourth-order valence-electron chi connectivity index (χ4n) is 3.30. The van der Waals surface area contributed by atoms with Crippen LogP contribution in [0.4, 0.5) is 5.69 Å². The number of piperazine rings is 1. The molecule has 0 amide bonds. The molecular weight excluding hydrogens is 236 g/mol. The van der Waals surface area contributed by atoms with Crippen LogP contribution in [-0.4, -0.2) is 48.8 Å². The zero-order valence-electron chi connectivity index (χ0n) is 12.3. The van der Waals surface area contributed by atoms with Gasteiger partial charge in [-0.1, -0.05) is 25.1 Å². The summed E-state index contributed by atoms with van der Waals surface area (Å²) < 4.78 is 0. The van der Waals surface area contributed by atoms with Crippen LogP contribution >= 0.6 is 0 Å². The first-order valence-electron chi connectivity index (χ1n) is 7.33. The van der Waals surface area contributed by atoms with Crippen molar-refractivity contribution in [2.24, 2.45) is 0 Å². The molecule has 3 heteroatoms. The highest BCUT2D eigenvalue weighted by Crippen LogP contribution is 2.29. The molecule has 1 fully saturated rings. The van der Waals surface area contributed by atoms with Crippen molar-refractivity contribution in [2.75, 3.05) is 31.6 Å². The van der Waals surface area contributed by atoms with Crippen LogP contribution in [0.15, 0.2) is 24.3 Å². The fourth-order valence-corrected chi connectivity index (χ4v) is 3.30. The molecule has 2 atom stereocenters. The Morgan fingerprint density at radius 2 is 2.00 bits per heavy atom. The standard InChI is InChI=1S/C16H26N2O/c1-4-14-7-5-6-8-16(14)18-13(2)11-17(3)12-15(18)9-10-19/h5-8,13,15,19H,4,9-12H2,1-3H3. The summed E-state index contributed by atoms with van der Waals surface area (Å²) in [7, 11) is 2.17. The lowest BCUT2D eigenvalue weighted by Gasteiger charge is -2.46. The van der Waals surface area contributed by atoms with E-state index in [0.29, 0.717) is 12.1 Å². The molecule has 3 nitrogen and oxygen atoms in total. The topological polar surface area (TPSA) is 26.7 Å². The minimum atomic E-state index is 0.260. The average molecular weight is 262 g/mol. The van der Waals surface area contributed by atoms with Crippen molar-refractivity contribution in [3.8, 4) is 0 Å². The van der Waals surface area contributed by atoms with E-state index in [9.17, 15) is 5.11 Å². The SMILES string of the molecule is CCc1ccccc1N1C(C)CN(C)CC1CCO. The van der Waals surface area contributed by atoms with Crippen LogP contribution in [0.5, 0.6) is 0 Å². The molecule has 0 saturated carbocycles. The van der Waals surface area contributed by atoms with Crippen LogP contribution in [0.25, 0.3) is 0 Å². The molecule has 1 aliphatic heterocycles. The number of rotatable bonds is 4. The van der Waals surface area contributed by atoms with Crippen molar-refractivity contribution in [3.05, 3.63) is 29.8 Å². The quantitative estimate of drug-likeness (QED) is 0.900. The van der Waals surface area contributed by atoms with Crippen LogP contribution in [0.1, 0.15) is 25.8 Å². The van der Waals surface area contributed by atoms with Crippen LogP contribution in [-0.2, 0) is 6.42 Å². The number of nitrogens with zero attached hydrogens (tertiary/aromatic N) is 2. The van der Waals surface area contributed by atoms with Gasteiger partial charge in [-0.2, -0.15) is 0 Å². The van der Waals surface area contributed by atoms with Gasteiger partial charge in [0.2, 0.25) is 0 Å². The number of aliphatic hydroxyl groups is 1. The molecule has 0 aromatic heterocycles. The molecule has 0 bridgehead atoms. The second-order valence-electron chi connectivity index (χ2n) is 5.63. The summed E-state index contributed by atoms with van der Waals surface area (Å²) in [5.74, 6) is 0. The average Bonchev–Trinajstić information content (AvgIpc) is 2.39. The summed E-state index contributed by atoms with van der Waals surface area (Å²) in [6, 6.07) is 9.58. The molecular formula is C16H26N2O. The van der Waals surface area contributed by atoms with Crippen molar-refractivity contribution in [1.29, 1.82) is 0 Å². The van der Waals surface area contributed by atoms with E-state index in [2.05, 4.69) is 55.0 Å². The third-order valence-corrected chi connectivity index (χ3v) is 4.08. The number of hydrogen-bond donors (Lipinski definition) is 1. The molecule has 0 aliphatic carbocycles. The predicted molar refractivity (Wildman–Crippen MR) is 80.7 cm³/mol. The molecule has 1 aromatic carbocycles. The Labute approximate surface area is 116 Å². The van der Waals surface area contributed by atoms with E-state index < -0.39 is 0 Å². The summed E-state index contributed by atoms with van der Waals surface area (Å²) in [5.41, 5.74) is 2.76. The zero-order chi connectivity index (χ0) is 13.8. The van der Waals surface area contributed by atoms with E-state index in [4.69, 9.17) is 0 Å². The van der Waals surface area contributed by atoms with E-state index in [1.54, 1.807) is 0 Å². The number of hydrogen-bond acceptors (Lipinski definition) is 3. The van der Waals surface area contributed by atoms with Gasteiger partial charge in [0.1, 0.15) is 0 Å².